The number of nitrogens with one attached hydrogen (secondary N) is 1. The molecule has 2 fully saturated rings. The van der Waals surface area contributed by atoms with Gasteiger partial charge in [0, 0.05) is 24.7 Å². The van der Waals surface area contributed by atoms with E-state index < -0.39 is 0 Å². The van der Waals surface area contributed by atoms with Gasteiger partial charge in [-0.3, -0.25) is 4.90 Å². The molecule has 3 atom stereocenters. The quantitative estimate of drug-likeness (QED) is 0.837. The van der Waals surface area contributed by atoms with Crippen molar-refractivity contribution in [2.75, 3.05) is 26.2 Å². The second-order valence-electron chi connectivity index (χ2n) is 5.87. The monoisotopic (exact) mass is 246 g/mol. The van der Waals surface area contributed by atoms with Crippen molar-refractivity contribution in [2.24, 2.45) is 11.8 Å². The van der Waals surface area contributed by atoms with E-state index in [1.807, 2.05) is 12.1 Å². The minimum Gasteiger partial charge on any atom is -0.508 e. The Labute approximate surface area is 109 Å². The SMILES string of the molecule is Cc1ccc(O)c(C(C)N2CC3CNCC3C2)c1. The zero-order chi connectivity index (χ0) is 12.7. The van der Waals surface area contributed by atoms with Crippen LogP contribution < -0.4 is 5.32 Å². The van der Waals surface area contributed by atoms with Crippen molar-refractivity contribution in [3.05, 3.63) is 29.3 Å². The molecule has 98 valence electrons. The normalized spacial score (nSPS) is 29.4. The van der Waals surface area contributed by atoms with Crippen molar-refractivity contribution in [2.45, 2.75) is 19.9 Å². The van der Waals surface area contributed by atoms with Crippen molar-refractivity contribution in [1.82, 2.24) is 10.2 Å². The van der Waals surface area contributed by atoms with Crippen LogP contribution >= 0.6 is 0 Å². The largest absolute Gasteiger partial charge is 0.508 e. The Kier molecular flexibility index (Phi) is 3.04. The van der Waals surface area contributed by atoms with E-state index in [1.54, 1.807) is 0 Å². The van der Waals surface area contributed by atoms with E-state index >= 15 is 0 Å². The van der Waals surface area contributed by atoms with Crippen LogP contribution in [0.25, 0.3) is 0 Å². The summed E-state index contributed by atoms with van der Waals surface area (Å²) < 4.78 is 0. The van der Waals surface area contributed by atoms with Gasteiger partial charge in [-0.2, -0.15) is 0 Å². The van der Waals surface area contributed by atoms with Crippen molar-refractivity contribution in [3.8, 4) is 5.75 Å². The lowest BCUT2D eigenvalue weighted by Gasteiger charge is -2.26. The smallest absolute Gasteiger partial charge is 0.120 e. The third-order valence-electron chi connectivity index (χ3n) is 4.60. The van der Waals surface area contributed by atoms with Crippen LogP contribution in [0.3, 0.4) is 0 Å². The van der Waals surface area contributed by atoms with Gasteiger partial charge in [-0.15, -0.1) is 0 Å². The highest BCUT2D eigenvalue weighted by Gasteiger charge is 2.38. The van der Waals surface area contributed by atoms with Crippen molar-refractivity contribution in [1.29, 1.82) is 0 Å². The van der Waals surface area contributed by atoms with Crippen molar-refractivity contribution < 1.29 is 5.11 Å². The topological polar surface area (TPSA) is 35.5 Å². The number of hydrogen-bond acceptors (Lipinski definition) is 3. The molecular weight excluding hydrogens is 224 g/mol. The van der Waals surface area contributed by atoms with Gasteiger partial charge in [0.25, 0.3) is 0 Å². The molecule has 0 amide bonds. The van der Waals surface area contributed by atoms with Gasteiger partial charge in [0.15, 0.2) is 0 Å². The van der Waals surface area contributed by atoms with E-state index in [-0.39, 0.29) is 0 Å². The molecule has 0 aromatic heterocycles. The highest BCUT2D eigenvalue weighted by molar-refractivity contribution is 5.37. The summed E-state index contributed by atoms with van der Waals surface area (Å²) in [6.45, 7) is 8.93. The Bertz CT molecular complexity index is 434. The molecule has 2 aliphatic heterocycles. The van der Waals surface area contributed by atoms with Gasteiger partial charge in [-0.05, 0) is 44.8 Å². The minimum atomic E-state index is 0.315. The van der Waals surface area contributed by atoms with Crippen molar-refractivity contribution >= 4 is 0 Å². The first-order valence-corrected chi connectivity index (χ1v) is 6.89. The molecule has 2 aliphatic rings. The number of phenolic OH excluding ortho intramolecular Hbond substituents is 1. The van der Waals surface area contributed by atoms with Gasteiger partial charge >= 0.3 is 0 Å². The molecule has 3 nitrogen and oxygen atoms in total. The molecule has 2 heterocycles. The predicted molar refractivity (Wildman–Crippen MR) is 72.7 cm³/mol. The first-order valence-electron chi connectivity index (χ1n) is 6.89. The van der Waals surface area contributed by atoms with Gasteiger partial charge in [-0.25, -0.2) is 0 Å². The van der Waals surface area contributed by atoms with Gasteiger partial charge in [0.1, 0.15) is 5.75 Å². The Morgan fingerprint density at radius 3 is 2.61 bits per heavy atom. The number of phenols is 1. The molecule has 3 heteroatoms. The minimum absolute atomic E-state index is 0.315. The number of benzene rings is 1. The lowest BCUT2D eigenvalue weighted by Crippen LogP contribution is -2.28. The molecular formula is C15H22N2O. The summed E-state index contributed by atoms with van der Waals surface area (Å²) in [7, 11) is 0. The highest BCUT2D eigenvalue weighted by Crippen LogP contribution is 2.35. The van der Waals surface area contributed by atoms with E-state index in [9.17, 15) is 5.11 Å². The maximum Gasteiger partial charge on any atom is 0.120 e. The number of aromatic hydroxyl groups is 1. The zero-order valence-electron chi connectivity index (χ0n) is 11.2. The summed E-state index contributed by atoms with van der Waals surface area (Å²) in [5.74, 6) is 2.04. The van der Waals surface area contributed by atoms with Gasteiger partial charge < -0.3 is 10.4 Å². The van der Waals surface area contributed by atoms with Gasteiger partial charge in [0.2, 0.25) is 0 Å². The molecule has 0 aliphatic carbocycles. The summed E-state index contributed by atoms with van der Waals surface area (Å²) in [5.41, 5.74) is 2.29. The third-order valence-corrected chi connectivity index (χ3v) is 4.60. The fourth-order valence-corrected chi connectivity index (χ4v) is 3.41. The number of hydrogen-bond donors (Lipinski definition) is 2. The molecule has 18 heavy (non-hydrogen) atoms. The number of fused-ring (bicyclic) bond motifs is 1. The summed E-state index contributed by atoms with van der Waals surface area (Å²) in [6, 6.07) is 6.22. The molecule has 0 bridgehead atoms. The predicted octanol–water partition coefficient (Wildman–Crippen LogP) is 1.91. The number of aryl methyl sites for hydroxylation is 1. The molecule has 0 spiro atoms. The van der Waals surface area contributed by atoms with Gasteiger partial charge in [-0.1, -0.05) is 17.7 Å². The molecule has 0 saturated carbocycles. The molecule has 3 rings (SSSR count). The van der Waals surface area contributed by atoms with Crippen LogP contribution in [-0.2, 0) is 0 Å². The van der Waals surface area contributed by atoms with Gasteiger partial charge in [0.05, 0.1) is 0 Å². The average molecular weight is 246 g/mol. The van der Waals surface area contributed by atoms with Crippen LogP contribution in [0.1, 0.15) is 24.1 Å². The van der Waals surface area contributed by atoms with E-state index in [1.165, 1.54) is 5.56 Å². The Morgan fingerprint density at radius 1 is 1.28 bits per heavy atom. The first-order chi connectivity index (χ1) is 8.65. The van der Waals surface area contributed by atoms with E-state index in [2.05, 4.69) is 30.1 Å². The average Bonchev–Trinajstić information content (AvgIpc) is 2.91. The molecule has 2 N–H and O–H groups in total. The summed E-state index contributed by atoms with van der Waals surface area (Å²) in [6.07, 6.45) is 0. The summed E-state index contributed by atoms with van der Waals surface area (Å²) >= 11 is 0. The maximum atomic E-state index is 10.0. The number of rotatable bonds is 2. The van der Waals surface area contributed by atoms with Crippen LogP contribution in [-0.4, -0.2) is 36.2 Å². The standard InChI is InChI=1S/C15H22N2O/c1-10-3-4-15(18)14(5-10)11(2)17-8-12-6-16-7-13(12)9-17/h3-5,11-13,16,18H,6-9H2,1-2H3. The fraction of sp³-hybridized carbons (Fsp3) is 0.600. The third kappa shape index (κ3) is 2.02. The maximum absolute atomic E-state index is 10.0. The van der Waals surface area contributed by atoms with Crippen LogP contribution in [0.5, 0.6) is 5.75 Å². The Morgan fingerprint density at radius 2 is 1.94 bits per heavy atom. The van der Waals surface area contributed by atoms with Crippen LogP contribution in [0.2, 0.25) is 0 Å². The molecule has 1 aromatic carbocycles. The van der Waals surface area contributed by atoms with E-state index in [4.69, 9.17) is 0 Å². The van der Waals surface area contributed by atoms with E-state index in [0.717, 1.165) is 43.6 Å². The number of nitrogens with zero attached hydrogens (tertiary/aromatic N) is 1. The molecule has 1 aromatic rings. The highest BCUT2D eigenvalue weighted by atomic mass is 16.3. The molecule has 2 saturated heterocycles. The second kappa shape index (κ2) is 4.56. The lowest BCUT2D eigenvalue weighted by molar-refractivity contribution is 0.239. The molecule has 3 unspecified atom stereocenters. The Hall–Kier alpha value is -1.06. The molecule has 0 radical (unpaired) electrons. The summed E-state index contributed by atoms with van der Waals surface area (Å²) in [5, 5.41) is 13.5. The zero-order valence-corrected chi connectivity index (χ0v) is 11.2. The second-order valence-corrected chi connectivity index (χ2v) is 5.87. The van der Waals surface area contributed by atoms with Crippen LogP contribution in [0.15, 0.2) is 18.2 Å². The van der Waals surface area contributed by atoms with Crippen LogP contribution in [0.4, 0.5) is 0 Å². The first kappa shape index (κ1) is 12.0. The van der Waals surface area contributed by atoms with Crippen LogP contribution in [0, 0.1) is 18.8 Å². The van der Waals surface area contributed by atoms with Crippen molar-refractivity contribution in [3.63, 3.8) is 0 Å². The lowest BCUT2D eigenvalue weighted by atomic mass is 10.0. The Balaban J connectivity index is 1.78. The fourth-order valence-electron chi connectivity index (χ4n) is 3.41. The van der Waals surface area contributed by atoms with E-state index in [0.29, 0.717) is 11.8 Å². The summed E-state index contributed by atoms with van der Waals surface area (Å²) in [4.78, 5) is 2.52. The number of likely N-dealkylation sites (tertiary alicyclic amines) is 1.